The van der Waals surface area contributed by atoms with Gasteiger partial charge in [0.1, 0.15) is 0 Å². The van der Waals surface area contributed by atoms with Gasteiger partial charge < -0.3 is 4.90 Å². The molecule has 220 valence electrons. The summed E-state index contributed by atoms with van der Waals surface area (Å²) in [5, 5.41) is 10.2. The minimum atomic E-state index is 1.12. The molecular formula is C46H31N. The van der Waals surface area contributed by atoms with E-state index in [0.717, 1.165) is 17.1 Å². The summed E-state index contributed by atoms with van der Waals surface area (Å²) in [7, 11) is 0. The lowest BCUT2D eigenvalue weighted by atomic mass is 9.94. The van der Waals surface area contributed by atoms with Crippen LogP contribution in [0.1, 0.15) is 0 Å². The van der Waals surface area contributed by atoms with Gasteiger partial charge in [0.25, 0.3) is 0 Å². The number of benzene rings is 9. The second kappa shape index (κ2) is 11.3. The van der Waals surface area contributed by atoms with Crippen LogP contribution in [0.25, 0.3) is 65.3 Å². The van der Waals surface area contributed by atoms with Gasteiger partial charge in [0.05, 0.1) is 0 Å². The molecule has 0 aliphatic heterocycles. The zero-order chi connectivity index (χ0) is 31.2. The first-order chi connectivity index (χ1) is 23.3. The lowest BCUT2D eigenvalue weighted by Crippen LogP contribution is -2.10. The van der Waals surface area contributed by atoms with Crippen LogP contribution in [-0.2, 0) is 0 Å². The van der Waals surface area contributed by atoms with Crippen LogP contribution in [0.4, 0.5) is 17.1 Å². The third-order valence-electron chi connectivity index (χ3n) is 9.39. The Labute approximate surface area is 274 Å². The van der Waals surface area contributed by atoms with E-state index in [2.05, 4.69) is 193 Å². The second-order valence-corrected chi connectivity index (χ2v) is 12.2. The first-order valence-corrected chi connectivity index (χ1v) is 16.2. The van der Waals surface area contributed by atoms with Gasteiger partial charge in [-0.3, -0.25) is 0 Å². The second-order valence-electron chi connectivity index (χ2n) is 12.2. The number of hydrogen-bond donors (Lipinski definition) is 0. The van der Waals surface area contributed by atoms with Gasteiger partial charge in [0, 0.05) is 17.1 Å². The highest BCUT2D eigenvalue weighted by Crippen LogP contribution is 2.39. The molecule has 0 bridgehead atoms. The molecule has 0 atom stereocenters. The summed E-state index contributed by atoms with van der Waals surface area (Å²) in [6.45, 7) is 0. The van der Waals surface area contributed by atoms with E-state index in [1.165, 1.54) is 65.3 Å². The van der Waals surface area contributed by atoms with Gasteiger partial charge in [-0.05, 0) is 108 Å². The number of anilines is 3. The van der Waals surface area contributed by atoms with Gasteiger partial charge in [-0.2, -0.15) is 0 Å². The van der Waals surface area contributed by atoms with Crippen LogP contribution in [0.2, 0.25) is 0 Å². The Hall–Kier alpha value is -6.18. The maximum absolute atomic E-state index is 2.36. The highest BCUT2D eigenvalue weighted by molar-refractivity contribution is 6.20. The monoisotopic (exact) mass is 597 g/mol. The number of rotatable bonds is 5. The van der Waals surface area contributed by atoms with Gasteiger partial charge in [0.2, 0.25) is 0 Å². The Morgan fingerprint density at radius 1 is 0.255 bits per heavy atom. The van der Waals surface area contributed by atoms with E-state index in [1.807, 2.05) is 0 Å². The Morgan fingerprint density at radius 2 is 0.809 bits per heavy atom. The van der Waals surface area contributed by atoms with Crippen molar-refractivity contribution in [3.63, 3.8) is 0 Å². The van der Waals surface area contributed by atoms with Crippen LogP contribution in [0.3, 0.4) is 0 Å². The summed E-state index contributed by atoms with van der Waals surface area (Å²) in [5.41, 5.74) is 8.19. The van der Waals surface area contributed by atoms with Crippen molar-refractivity contribution in [2.75, 3.05) is 4.90 Å². The van der Waals surface area contributed by atoms with Gasteiger partial charge in [-0.25, -0.2) is 0 Å². The summed E-state index contributed by atoms with van der Waals surface area (Å²) in [6.07, 6.45) is 0. The zero-order valence-corrected chi connectivity index (χ0v) is 25.8. The predicted octanol–water partition coefficient (Wildman–Crippen LogP) is 13.1. The molecule has 1 heteroatoms. The summed E-state index contributed by atoms with van der Waals surface area (Å²) < 4.78 is 0. The first kappa shape index (κ1) is 27.2. The highest BCUT2D eigenvalue weighted by Gasteiger charge is 2.15. The fraction of sp³-hybridized carbons (Fsp3) is 0. The standard InChI is InChI=1S/C46H31N/c1-2-9-32(10-3-1)38-14-8-15-42(30-38)47(43-27-23-33-11-4-5-13-37(33)31-43)41-25-21-34(22-26-41)39-24-28-45-40(29-39)20-19-36-18-17-35-12-6-7-16-44(35)46(36)45/h1-31H. The molecule has 0 aliphatic rings. The molecule has 0 aliphatic carbocycles. The van der Waals surface area contributed by atoms with Crippen LogP contribution in [0.15, 0.2) is 188 Å². The highest BCUT2D eigenvalue weighted by atomic mass is 15.1. The number of nitrogens with zero attached hydrogens (tertiary/aromatic N) is 1. The van der Waals surface area contributed by atoms with E-state index in [0.29, 0.717) is 0 Å². The van der Waals surface area contributed by atoms with Crippen molar-refractivity contribution >= 4 is 60.2 Å². The minimum Gasteiger partial charge on any atom is -0.310 e. The summed E-state index contributed by atoms with van der Waals surface area (Å²) in [6, 6.07) is 68.3. The Bertz CT molecular complexity index is 2560. The number of hydrogen-bond acceptors (Lipinski definition) is 1. The topological polar surface area (TPSA) is 3.24 Å². The van der Waals surface area contributed by atoms with Crippen molar-refractivity contribution in [3.8, 4) is 22.3 Å². The lowest BCUT2D eigenvalue weighted by molar-refractivity contribution is 1.29. The largest absolute Gasteiger partial charge is 0.310 e. The Balaban J connectivity index is 1.14. The molecule has 9 rings (SSSR count). The van der Waals surface area contributed by atoms with Gasteiger partial charge in [-0.1, -0.05) is 146 Å². The molecule has 0 N–H and O–H groups in total. The maximum atomic E-state index is 2.36. The van der Waals surface area contributed by atoms with E-state index < -0.39 is 0 Å². The van der Waals surface area contributed by atoms with Crippen LogP contribution < -0.4 is 4.90 Å². The third kappa shape index (κ3) is 4.90. The molecule has 0 spiro atoms. The molecule has 0 radical (unpaired) electrons. The average molecular weight is 598 g/mol. The normalized spacial score (nSPS) is 11.4. The van der Waals surface area contributed by atoms with Crippen LogP contribution >= 0.6 is 0 Å². The molecule has 9 aromatic carbocycles. The van der Waals surface area contributed by atoms with Crippen molar-refractivity contribution in [2.24, 2.45) is 0 Å². The molecule has 9 aromatic rings. The van der Waals surface area contributed by atoms with Crippen molar-refractivity contribution < 1.29 is 0 Å². The molecule has 0 heterocycles. The fourth-order valence-electron chi connectivity index (χ4n) is 7.04. The molecule has 0 fully saturated rings. The quantitative estimate of drug-likeness (QED) is 0.178. The first-order valence-electron chi connectivity index (χ1n) is 16.2. The predicted molar refractivity (Wildman–Crippen MR) is 202 cm³/mol. The van der Waals surface area contributed by atoms with Crippen molar-refractivity contribution in [2.45, 2.75) is 0 Å². The zero-order valence-electron chi connectivity index (χ0n) is 25.8. The molecule has 0 saturated heterocycles. The smallest absolute Gasteiger partial charge is 0.0468 e. The summed E-state index contributed by atoms with van der Waals surface area (Å²) in [5.74, 6) is 0. The molecule has 0 aromatic heterocycles. The van der Waals surface area contributed by atoms with Crippen molar-refractivity contribution in [1.29, 1.82) is 0 Å². The molecule has 0 saturated carbocycles. The molecule has 0 amide bonds. The van der Waals surface area contributed by atoms with Crippen molar-refractivity contribution in [1.82, 2.24) is 0 Å². The van der Waals surface area contributed by atoms with Crippen LogP contribution in [0, 0.1) is 0 Å². The SMILES string of the molecule is c1ccc(-c2cccc(N(c3ccc(-c4ccc5c(ccc6ccc7ccccc7c65)c4)cc3)c3ccc4ccccc4c3)c2)cc1. The number of fused-ring (bicyclic) bond motifs is 6. The summed E-state index contributed by atoms with van der Waals surface area (Å²) in [4.78, 5) is 2.36. The van der Waals surface area contributed by atoms with E-state index in [4.69, 9.17) is 0 Å². The lowest BCUT2D eigenvalue weighted by Gasteiger charge is -2.26. The summed E-state index contributed by atoms with van der Waals surface area (Å²) >= 11 is 0. The van der Waals surface area contributed by atoms with Gasteiger partial charge in [0.15, 0.2) is 0 Å². The average Bonchev–Trinajstić information content (AvgIpc) is 3.15. The van der Waals surface area contributed by atoms with E-state index in [-0.39, 0.29) is 0 Å². The van der Waals surface area contributed by atoms with Crippen LogP contribution in [-0.4, -0.2) is 0 Å². The van der Waals surface area contributed by atoms with Gasteiger partial charge >= 0.3 is 0 Å². The minimum absolute atomic E-state index is 1.12. The molecular weight excluding hydrogens is 567 g/mol. The third-order valence-corrected chi connectivity index (χ3v) is 9.39. The molecule has 0 unspecified atom stereocenters. The van der Waals surface area contributed by atoms with E-state index >= 15 is 0 Å². The van der Waals surface area contributed by atoms with E-state index in [9.17, 15) is 0 Å². The van der Waals surface area contributed by atoms with Gasteiger partial charge in [-0.15, -0.1) is 0 Å². The maximum Gasteiger partial charge on any atom is 0.0468 e. The van der Waals surface area contributed by atoms with Crippen molar-refractivity contribution in [3.05, 3.63) is 188 Å². The molecule has 47 heavy (non-hydrogen) atoms. The molecule has 1 nitrogen and oxygen atoms in total. The Morgan fingerprint density at radius 3 is 1.66 bits per heavy atom. The Kier molecular flexibility index (Phi) is 6.54. The fourth-order valence-corrected chi connectivity index (χ4v) is 7.04. The van der Waals surface area contributed by atoms with E-state index in [1.54, 1.807) is 0 Å². The van der Waals surface area contributed by atoms with Crippen LogP contribution in [0.5, 0.6) is 0 Å².